The Balaban J connectivity index is 2.04. The lowest BCUT2D eigenvalue weighted by Crippen LogP contribution is -2.31. The number of benzene rings is 1. The number of methoxy groups -OCH3 is 1. The molecule has 7 heteroatoms. The summed E-state index contributed by atoms with van der Waals surface area (Å²) >= 11 is 0. The first-order valence-corrected chi connectivity index (χ1v) is 6.85. The Morgan fingerprint density at radius 2 is 2.14 bits per heavy atom. The minimum absolute atomic E-state index is 0.171. The minimum Gasteiger partial charge on any atom is -0.494 e. The molecule has 2 aromatic rings. The number of H-pyrrole nitrogens is 1. The van der Waals surface area contributed by atoms with Crippen LogP contribution < -0.4 is 15.4 Å². The van der Waals surface area contributed by atoms with Crippen LogP contribution in [0.25, 0.3) is 0 Å². The molecule has 22 heavy (non-hydrogen) atoms. The van der Waals surface area contributed by atoms with Crippen LogP contribution in [0.15, 0.2) is 18.2 Å². The summed E-state index contributed by atoms with van der Waals surface area (Å²) in [4.78, 5) is 12.0. The first-order chi connectivity index (χ1) is 10.4. The molecule has 0 saturated carbocycles. The van der Waals surface area contributed by atoms with Crippen molar-refractivity contribution in [3.63, 3.8) is 0 Å². The van der Waals surface area contributed by atoms with Crippen molar-refractivity contribution in [2.24, 2.45) is 0 Å². The maximum absolute atomic E-state index is 13.7. The summed E-state index contributed by atoms with van der Waals surface area (Å²) in [6, 6.07) is 3.86. The van der Waals surface area contributed by atoms with Crippen LogP contribution in [0, 0.1) is 19.7 Å². The van der Waals surface area contributed by atoms with Crippen LogP contribution >= 0.6 is 0 Å². The van der Waals surface area contributed by atoms with Gasteiger partial charge in [0.2, 0.25) is 0 Å². The summed E-state index contributed by atoms with van der Waals surface area (Å²) in [5, 5.41) is 12.3. The van der Waals surface area contributed by atoms with Crippen molar-refractivity contribution >= 4 is 11.7 Å². The number of hydrogen-bond donors (Lipinski definition) is 3. The highest BCUT2D eigenvalue weighted by molar-refractivity contribution is 5.90. The second-order valence-corrected chi connectivity index (χ2v) is 5.02. The van der Waals surface area contributed by atoms with Crippen molar-refractivity contribution in [3.8, 4) is 5.75 Å². The smallest absolute Gasteiger partial charge is 0.319 e. The SMILES string of the molecule is COc1ccc([C@H](C)NC(=O)Nc2c(C)n[nH]c2C)cc1F. The Labute approximate surface area is 128 Å². The normalized spacial score (nSPS) is 11.9. The zero-order valence-corrected chi connectivity index (χ0v) is 13.0. The van der Waals surface area contributed by atoms with E-state index < -0.39 is 5.82 Å². The summed E-state index contributed by atoms with van der Waals surface area (Å²) in [6.45, 7) is 5.38. The van der Waals surface area contributed by atoms with Crippen LogP contribution in [0.2, 0.25) is 0 Å². The van der Waals surface area contributed by atoms with Crippen LogP contribution in [-0.2, 0) is 0 Å². The average Bonchev–Trinajstić information content (AvgIpc) is 2.79. The molecule has 0 spiro atoms. The van der Waals surface area contributed by atoms with Crippen LogP contribution in [0.5, 0.6) is 5.75 Å². The van der Waals surface area contributed by atoms with Gasteiger partial charge in [0.15, 0.2) is 11.6 Å². The number of rotatable bonds is 4. The fourth-order valence-corrected chi connectivity index (χ4v) is 2.12. The number of nitrogens with one attached hydrogen (secondary N) is 3. The van der Waals surface area contributed by atoms with E-state index >= 15 is 0 Å². The molecule has 3 N–H and O–H groups in total. The zero-order valence-electron chi connectivity index (χ0n) is 13.0. The number of aryl methyl sites for hydroxylation is 2. The van der Waals surface area contributed by atoms with Crippen LogP contribution in [-0.4, -0.2) is 23.3 Å². The second-order valence-electron chi connectivity index (χ2n) is 5.02. The molecule has 118 valence electrons. The molecular weight excluding hydrogens is 287 g/mol. The summed E-state index contributed by atoms with van der Waals surface area (Å²) in [6.07, 6.45) is 0. The molecule has 0 fully saturated rings. The van der Waals surface area contributed by atoms with Crippen molar-refractivity contribution in [1.29, 1.82) is 0 Å². The molecule has 6 nitrogen and oxygen atoms in total. The summed E-state index contributed by atoms with van der Waals surface area (Å²) in [7, 11) is 1.41. The first kappa shape index (κ1) is 15.8. The van der Waals surface area contributed by atoms with Crippen LogP contribution in [0.3, 0.4) is 0 Å². The Hall–Kier alpha value is -2.57. The lowest BCUT2D eigenvalue weighted by atomic mass is 10.1. The number of halogens is 1. The highest BCUT2D eigenvalue weighted by Gasteiger charge is 2.14. The summed E-state index contributed by atoms with van der Waals surface area (Å²) in [5.74, 6) is -0.291. The lowest BCUT2D eigenvalue weighted by molar-refractivity contribution is 0.249. The molecule has 0 bridgehead atoms. The van der Waals surface area contributed by atoms with E-state index in [4.69, 9.17) is 4.74 Å². The van der Waals surface area contributed by atoms with E-state index in [2.05, 4.69) is 20.8 Å². The quantitative estimate of drug-likeness (QED) is 0.812. The number of hydrogen-bond acceptors (Lipinski definition) is 3. The van der Waals surface area contributed by atoms with E-state index in [0.717, 1.165) is 5.69 Å². The van der Waals surface area contributed by atoms with Gasteiger partial charge in [0.05, 0.1) is 30.2 Å². The molecule has 2 rings (SSSR count). The number of carbonyl (C=O) groups excluding carboxylic acids is 1. The van der Waals surface area contributed by atoms with E-state index in [-0.39, 0.29) is 17.8 Å². The fraction of sp³-hybridized carbons (Fsp3) is 0.333. The van der Waals surface area contributed by atoms with Gasteiger partial charge in [-0.3, -0.25) is 5.10 Å². The third-order valence-electron chi connectivity index (χ3n) is 3.39. The van der Waals surface area contributed by atoms with E-state index in [1.165, 1.54) is 19.2 Å². The number of aromatic nitrogens is 2. The number of aromatic amines is 1. The van der Waals surface area contributed by atoms with Crippen molar-refractivity contribution < 1.29 is 13.9 Å². The molecule has 1 aromatic carbocycles. The zero-order chi connectivity index (χ0) is 16.3. The van der Waals surface area contributed by atoms with Gasteiger partial charge in [-0.05, 0) is 38.5 Å². The van der Waals surface area contributed by atoms with E-state index in [0.29, 0.717) is 16.9 Å². The predicted molar refractivity (Wildman–Crippen MR) is 81.6 cm³/mol. The molecule has 1 atom stereocenters. The predicted octanol–water partition coefficient (Wildman–Crippen LogP) is 3.06. The van der Waals surface area contributed by atoms with Gasteiger partial charge >= 0.3 is 6.03 Å². The van der Waals surface area contributed by atoms with Gasteiger partial charge < -0.3 is 15.4 Å². The van der Waals surface area contributed by atoms with Gasteiger partial charge in [0.25, 0.3) is 0 Å². The molecule has 1 aromatic heterocycles. The number of ether oxygens (including phenoxy) is 1. The Morgan fingerprint density at radius 3 is 2.68 bits per heavy atom. The molecular formula is C15H19FN4O2. The number of carbonyl (C=O) groups is 1. The van der Waals surface area contributed by atoms with E-state index in [1.54, 1.807) is 19.9 Å². The van der Waals surface area contributed by atoms with Gasteiger partial charge in [0, 0.05) is 0 Å². The maximum Gasteiger partial charge on any atom is 0.319 e. The highest BCUT2D eigenvalue weighted by Crippen LogP contribution is 2.22. The fourth-order valence-electron chi connectivity index (χ4n) is 2.12. The molecule has 1 heterocycles. The average molecular weight is 306 g/mol. The first-order valence-electron chi connectivity index (χ1n) is 6.85. The van der Waals surface area contributed by atoms with Crippen molar-refractivity contribution in [2.45, 2.75) is 26.8 Å². The highest BCUT2D eigenvalue weighted by atomic mass is 19.1. The van der Waals surface area contributed by atoms with E-state index in [1.807, 2.05) is 6.92 Å². The van der Waals surface area contributed by atoms with E-state index in [9.17, 15) is 9.18 Å². The topological polar surface area (TPSA) is 79.0 Å². The Kier molecular flexibility index (Phi) is 4.65. The van der Waals surface area contributed by atoms with Gasteiger partial charge in [0.1, 0.15) is 0 Å². The molecule has 2 amide bonds. The van der Waals surface area contributed by atoms with Gasteiger partial charge in [-0.15, -0.1) is 0 Å². The number of urea groups is 1. The Bertz CT molecular complexity index is 665. The van der Waals surface area contributed by atoms with Crippen molar-refractivity contribution in [3.05, 3.63) is 41.0 Å². The summed E-state index contributed by atoms with van der Waals surface area (Å²) < 4.78 is 18.6. The second kappa shape index (κ2) is 6.46. The summed E-state index contributed by atoms with van der Waals surface area (Å²) in [5.41, 5.74) is 2.77. The Morgan fingerprint density at radius 1 is 1.41 bits per heavy atom. The number of amides is 2. The molecule has 0 radical (unpaired) electrons. The monoisotopic (exact) mass is 306 g/mol. The molecule has 0 saturated heterocycles. The third kappa shape index (κ3) is 3.36. The van der Waals surface area contributed by atoms with Gasteiger partial charge in [-0.2, -0.15) is 5.10 Å². The largest absolute Gasteiger partial charge is 0.494 e. The van der Waals surface area contributed by atoms with Crippen molar-refractivity contribution in [1.82, 2.24) is 15.5 Å². The van der Waals surface area contributed by atoms with Gasteiger partial charge in [-0.1, -0.05) is 6.07 Å². The number of anilines is 1. The molecule has 0 unspecified atom stereocenters. The van der Waals surface area contributed by atoms with Crippen molar-refractivity contribution in [2.75, 3.05) is 12.4 Å². The minimum atomic E-state index is -0.462. The number of nitrogens with zero attached hydrogens (tertiary/aromatic N) is 1. The molecule has 0 aliphatic heterocycles. The third-order valence-corrected chi connectivity index (χ3v) is 3.39. The molecule has 0 aliphatic rings. The van der Waals surface area contributed by atoms with Crippen LogP contribution in [0.4, 0.5) is 14.9 Å². The van der Waals surface area contributed by atoms with Gasteiger partial charge in [-0.25, -0.2) is 9.18 Å². The lowest BCUT2D eigenvalue weighted by Gasteiger charge is -2.16. The van der Waals surface area contributed by atoms with Crippen LogP contribution in [0.1, 0.15) is 29.9 Å². The maximum atomic E-state index is 13.7. The molecule has 0 aliphatic carbocycles. The standard InChI is InChI=1S/C15H19FN4O2/c1-8(11-5-6-13(22-4)12(16)7-11)17-15(21)18-14-9(2)19-20-10(14)3/h5-8H,1-4H3,(H,19,20)(H2,17,18,21)/t8-/m0/s1.